The maximum atomic E-state index is 12.7. The van der Waals surface area contributed by atoms with Crippen LogP contribution in [0, 0.1) is 5.92 Å². The number of rotatable bonds is 9. The second kappa shape index (κ2) is 13.1. The highest BCUT2D eigenvalue weighted by Crippen LogP contribution is 2.37. The van der Waals surface area contributed by atoms with Gasteiger partial charge in [-0.3, -0.25) is 14.9 Å². The Morgan fingerprint density at radius 2 is 1.74 bits per heavy atom. The first-order valence-electron chi connectivity index (χ1n) is 13.4. The quantitative estimate of drug-likeness (QED) is 0.417. The smallest absolute Gasteiger partial charge is 0.257 e. The van der Waals surface area contributed by atoms with Crippen LogP contribution in [0.3, 0.4) is 0 Å². The average Bonchev–Trinajstić information content (AvgIpc) is 3.40. The molecule has 2 aromatic carbocycles. The van der Waals surface area contributed by atoms with Crippen LogP contribution >= 0.6 is 11.3 Å². The minimum Gasteiger partial charge on any atom is -0.376 e. The summed E-state index contributed by atoms with van der Waals surface area (Å²) < 4.78 is 11.0. The molecule has 1 aliphatic heterocycles. The predicted octanol–water partition coefficient (Wildman–Crippen LogP) is 4.58. The van der Waals surface area contributed by atoms with Gasteiger partial charge in [-0.1, -0.05) is 53.8 Å². The van der Waals surface area contributed by atoms with Crippen molar-refractivity contribution in [2.24, 2.45) is 5.92 Å². The molecular formula is C29H34N4O4S. The van der Waals surface area contributed by atoms with Crippen molar-refractivity contribution in [2.75, 3.05) is 31.7 Å². The summed E-state index contributed by atoms with van der Waals surface area (Å²) in [5.74, 6) is 0.793. The van der Waals surface area contributed by atoms with E-state index in [9.17, 15) is 9.59 Å². The van der Waals surface area contributed by atoms with Crippen molar-refractivity contribution in [3.8, 4) is 0 Å². The van der Waals surface area contributed by atoms with Gasteiger partial charge in [-0.15, -0.1) is 10.2 Å². The van der Waals surface area contributed by atoms with Gasteiger partial charge in [-0.05, 0) is 60.8 Å². The topological polar surface area (TPSA) is 102 Å². The number of amides is 2. The maximum Gasteiger partial charge on any atom is 0.257 e. The minimum atomic E-state index is -0.182. The minimum absolute atomic E-state index is 0.0381. The fourth-order valence-electron chi connectivity index (χ4n) is 5.14. The van der Waals surface area contributed by atoms with Crippen molar-refractivity contribution in [3.05, 3.63) is 76.3 Å². The largest absolute Gasteiger partial charge is 0.376 e. The molecule has 1 aromatic heterocycles. The zero-order valence-corrected chi connectivity index (χ0v) is 22.3. The molecule has 0 radical (unpaired) electrons. The van der Waals surface area contributed by atoms with E-state index in [2.05, 4.69) is 45.1 Å². The highest BCUT2D eigenvalue weighted by Gasteiger charge is 2.25. The summed E-state index contributed by atoms with van der Waals surface area (Å²) in [6.45, 7) is 2.28. The van der Waals surface area contributed by atoms with E-state index in [0.717, 1.165) is 36.3 Å². The number of hydrogen-bond donors (Lipinski definition) is 2. The van der Waals surface area contributed by atoms with Crippen LogP contribution in [0.1, 0.15) is 64.5 Å². The molecule has 1 saturated carbocycles. The molecule has 0 spiro atoms. The van der Waals surface area contributed by atoms with Crippen molar-refractivity contribution in [1.82, 2.24) is 15.5 Å². The molecule has 38 heavy (non-hydrogen) atoms. The molecule has 2 fully saturated rings. The lowest BCUT2D eigenvalue weighted by atomic mass is 9.77. The van der Waals surface area contributed by atoms with E-state index in [-0.39, 0.29) is 17.9 Å². The summed E-state index contributed by atoms with van der Waals surface area (Å²) in [6, 6.07) is 18.0. The van der Waals surface area contributed by atoms with Gasteiger partial charge in [0.15, 0.2) is 0 Å². The molecule has 5 rings (SSSR count). The van der Waals surface area contributed by atoms with E-state index in [4.69, 9.17) is 9.47 Å². The van der Waals surface area contributed by atoms with E-state index in [1.807, 2.05) is 30.3 Å². The summed E-state index contributed by atoms with van der Waals surface area (Å²) >= 11 is 1.40. The molecule has 8 nitrogen and oxygen atoms in total. The number of hydrogen-bond acceptors (Lipinski definition) is 7. The third-order valence-electron chi connectivity index (χ3n) is 7.26. The maximum absolute atomic E-state index is 12.7. The van der Waals surface area contributed by atoms with Crippen LogP contribution in [0.2, 0.25) is 0 Å². The van der Waals surface area contributed by atoms with Gasteiger partial charge in [0, 0.05) is 24.9 Å². The van der Waals surface area contributed by atoms with Crippen molar-refractivity contribution in [1.29, 1.82) is 0 Å². The number of ether oxygens (including phenoxy) is 2. The van der Waals surface area contributed by atoms with Crippen LogP contribution in [-0.2, 0) is 20.7 Å². The Bertz CT molecular complexity index is 1190. The lowest BCUT2D eigenvalue weighted by Crippen LogP contribution is -2.40. The average molecular weight is 535 g/mol. The van der Waals surface area contributed by atoms with Crippen LogP contribution in [-0.4, -0.2) is 54.5 Å². The van der Waals surface area contributed by atoms with E-state index in [0.29, 0.717) is 61.7 Å². The molecule has 3 aromatic rings. The summed E-state index contributed by atoms with van der Waals surface area (Å²) in [4.78, 5) is 25.1. The molecular weight excluding hydrogens is 500 g/mol. The highest BCUT2D eigenvalue weighted by atomic mass is 32.1. The Morgan fingerprint density at radius 1 is 0.947 bits per heavy atom. The molecule has 2 amide bonds. The van der Waals surface area contributed by atoms with Crippen LogP contribution in [0.4, 0.5) is 5.13 Å². The number of anilines is 1. The zero-order valence-electron chi connectivity index (χ0n) is 21.4. The van der Waals surface area contributed by atoms with Crippen molar-refractivity contribution in [3.63, 3.8) is 0 Å². The van der Waals surface area contributed by atoms with Crippen LogP contribution in [0.5, 0.6) is 0 Å². The van der Waals surface area contributed by atoms with Gasteiger partial charge in [0.05, 0.1) is 25.9 Å². The number of aromatic nitrogens is 2. The van der Waals surface area contributed by atoms with E-state index in [1.54, 1.807) is 0 Å². The second-order valence-corrected chi connectivity index (χ2v) is 11.1. The number of carbonyl (C=O) groups excluding carboxylic acids is 2. The van der Waals surface area contributed by atoms with Gasteiger partial charge >= 0.3 is 0 Å². The lowest BCUT2D eigenvalue weighted by molar-refractivity contribution is -0.125. The van der Waals surface area contributed by atoms with Crippen LogP contribution in [0.15, 0.2) is 54.6 Å². The zero-order chi connectivity index (χ0) is 26.2. The Labute approximate surface area is 227 Å². The van der Waals surface area contributed by atoms with Crippen molar-refractivity contribution in [2.45, 2.75) is 50.5 Å². The molecule has 2 aliphatic rings. The molecule has 1 atom stereocenters. The van der Waals surface area contributed by atoms with Crippen molar-refractivity contribution >= 4 is 28.3 Å². The first kappa shape index (κ1) is 26.5. The predicted molar refractivity (Wildman–Crippen MR) is 146 cm³/mol. The van der Waals surface area contributed by atoms with E-state index in [1.165, 1.54) is 16.9 Å². The number of carbonyl (C=O) groups is 2. The van der Waals surface area contributed by atoms with Gasteiger partial charge in [-0.25, -0.2) is 0 Å². The number of nitrogens with zero attached hydrogens (tertiary/aromatic N) is 2. The number of nitrogens with one attached hydrogen (secondary N) is 2. The Hall–Kier alpha value is -3.14. The third-order valence-corrected chi connectivity index (χ3v) is 8.10. The standard InChI is InChI=1S/C29H34N4O4S/c34-26(30-18-25-19-36-14-15-37-25)16-21-6-8-22(9-7-21)23-10-12-24(13-11-23)28(35)31-29-33-32-27(38-29)17-20-4-2-1-3-5-20/h1-5,10-13,21-22,25H,6-9,14-19H2,(H,30,34)(H,31,33,35)/t21-,22-,25?. The monoisotopic (exact) mass is 534 g/mol. The first-order valence-corrected chi connectivity index (χ1v) is 14.2. The Morgan fingerprint density at radius 3 is 2.47 bits per heavy atom. The fraction of sp³-hybridized carbons (Fsp3) is 0.448. The Balaban J connectivity index is 1.05. The first-order chi connectivity index (χ1) is 18.6. The molecule has 1 saturated heterocycles. The molecule has 1 aliphatic carbocycles. The summed E-state index contributed by atoms with van der Waals surface area (Å²) in [6.07, 6.45) is 5.40. The Kier molecular flexibility index (Phi) is 9.11. The second-order valence-electron chi connectivity index (χ2n) is 10.0. The van der Waals surface area contributed by atoms with Crippen LogP contribution in [0.25, 0.3) is 0 Å². The summed E-state index contributed by atoms with van der Waals surface area (Å²) in [5.41, 5.74) is 3.01. The van der Waals surface area contributed by atoms with Gasteiger partial charge < -0.3 is 14.8 Å². The van der Waals surface area contributed by atoms with Crippen molar-refractivity contribution < 1.29 is 19.1 Å². The van der Waals surface area contributed by atoms with Gasteiger partial charge in [0.2, 0.25) is 11.0 Å². The third kappa shape index (κ3) is 7.46. The molecule has 1 unspecified atom stereocenters. The normalized spacial score (nSPS) is 21.5. The highest BCUT2D eigenvalue weighted by molar-refractivity contribution is 7.15. The van der Waals surface area contributed by atoms with Crippen LogP contribution < -0.4 is 10.6 Å². The van der Waals surface area contributed by atoms with Gasteiger partial charge in [-0.2, -0.15) is 0 Å². The molecule has 200 valence electrons. The SMILES string of the molecule is O=C(C[C@H]1CC[C@H](c2ccc(C(=O)Nc3nnc(Cc4ccccc4)s3)cc2)CC1)NCC1COCCO1. The number of benzene rings is 2. The molecule has 0 bridgehead atoms. The fourth-order valence-corrected chi connectivity index (χ4v) is 5.91. The summed E-state index contributed by atoms with van der Waals surface area (Å²) in [7, 11) is 0. The van der Waals surface area contributed by atoms with E-state index >= 15 is 0 Å². The summed E-state index contributed by atoms with van der Waals surface area (Å²) in [5, 5.41) is 15.6. The van der Waals surface area contributed by atoms with E-state index < -0.39 is 0 Å². The lowest BCUT2D eigenvalue weighted by Gasteiger charge is -2.29. The molecule has 2 N–H and O–H groups in total. The molecule has 2 heterocycles. The molecule has 9 heteroatoms. The van der Waals surface area contributed by atoms with Gasteiger partial charge in [0.1, 0.15) is 5.01 Å². The van der Waals surface area contributed by atoms with Gasteiger partial charge in [0.25, 0.3) is 5.91 Å².